The molecule has 2 aromatic carbocycles. The molecule has 0 saturated carbocycles. The molecule has 3 N–H and O–H groups in total. The number of H-pyrrole nitrogens is 1. The van der Waals surface area contributed by atoms with Gasteiger partial charge in [0.2, 0.25) is 5.91 Å². The third-order valence-corrected chi connectivity index (χ3v) is 7.42. The van der Waals surface area contributed by atoms with Crippen LogP contribution >= 0.6 is 23.2 Å². The van der Waals surface area contributed by atoms with E-state index in [1.165, 1.54) is 0 Å². The largest absolute Gasteiger partial charge is 0.362 e. The second kappa shape index (κ2) is 11.1. The highest BCUT2D eigenvalue weighted by Gasteiger charge is 2.32. The van der Waals surface area contributed by atoms with Crippen molar-refractivity contribution in [3.63, 3.8) is 0 Å². The van der Waals surface area contributed by atoms with E-state index < -0.39 is 0 Å². The third-order valence-electron chi connectivity index (χ3n) is 6.98. The molecule has 0 bridgehead atoms. The molecule has 2 amide bonds. The Labute approximate surface area is 222 Å². The summed E-state index contributed by atoms with van der Waals surface area (Å²) in [6, 6.07) is 11.3. The second-order valence-electron chi connectivity index (χ2n) is 9.22. The summed E-state index contributed by atoms with van der Waals surface area (Å²) < 4.78 is 0. The summed E-state index contributed by atoms with van der Waals surface area (Å²) in [5.74, 6) is -0.476. The van der Waals surface area contributed by atoms with Crippen molar-refractivity contribution in [1.82, 2.24) is 15.2 Å². The van der Waals surface area contributed by atoms with E-state index in [0.717, 1.165) is 59.0 Å². The molecule has 1 aromatic heterocycles. The molecule has 0 spiro atoms. The topological polar surface area (TPSA) is 77.2 Å². The lowest BCUT2D eigenvalue weighted by Gasteiger charge is -2.18. The van der Waals surface area contributed by atoms with Crippen LogP contribution < -0.4 is 10.6 Å². The summed E-state index contributed by atoms with van der Waals surface area (Å²) in [5.41, 5.74) is 6.81. The first-order valence-corrected chi connectivity index (χ1v) is 13.1. The molecule has 1 aliphatic rings. The van der Waals surface area contributed by atoms with Gasteiger partial charge in [-0.2, -0.15) is 0 Å². The summed E-state index contributed by atoms with van der Waals surface area (Å²) in [6.45, 7) is 11.4. The van der Waals surface area contributed by atoms with E-state index in [0.29, 0.717) is 28.6 Å². The van der Waals surface area contributed by atoms with Crippen molar-refractivity contribution in [1.29, 1.82) is 0 Å². The van der Waals surface area contributed by atoms with Crippen LogP contribution in [0.25, 0.3) is 11.1 Å². The van der Waals surface area contributed by atoms with Gasteiger partial charge >= 0.3 is 0 Å². The van der Waals surface area contributed by atoms with Gasteiger partial charge in [0.15, 0.2) is 0 Å². The zero-order chi connectivity index (χ0) is 26.0. The minimum atomic E-state index is -0.340. The van der Waals surface area contributed by atoms with Crippen LogP contribution in [0, 0.1) is 13.8 Å². The van der Waals surface area contributed by atoms with Crippen LogP contribution in [0.5, 0.6) is 0 Å². The number of aromatic amines is 1. The summed E-state index contributed by atoms with van der Waals surface area (Å²) in [7, 11) is 0. The Morgan fingerprint density at radius 1 is 1.03 bits per heavy atom. The molecule has 6 nitrogen and oxygen atoms in total. The third kappa shape index (κ3) is 5.46. The predicted molar refractivity (Wildman–Crippen MR) is 147 cm³/mol. The number of aryl methyl sites for hydroxylation is 1. The van der Waals surface area contributed by atoms with Gasteiger partial charge in [0.25, 0.3) is 5.91 Å². The first kappa shape index (κ1) is 26.3. The number of hydrogen-bond acceptors (Lipinski definition) is 3. The van der Waals surface area contributed by atoms with Crippen LogP contribution in [0.2, 0.25) is 10.0 Å². The van der Waals surface area contributed by atoms with Crippen molar-refractivity contribution >= 4 is 40.7 Å². The van der Waals surface area contributed by atoms with Gasteiger partial charge in [-0.05, 0) is 73.5 Å². The Morgan fingerprint density at radius 3 is 2.39 bits per heavy atom. The Kier molecular flexibility index (Phi) is 8.08. The maximum atomic E-state index is 12.9. The van der Waals surface area contributed by atoms with Crippen molar-refractivity contribution in [3.05, 3.63) is 74.5 Å². The van der Waals surface area contributed by atoms with Crippen LogP contribution in [0.1, 0.15) is 52.6 Å². The number of nitrogens with zero attached hydrogens (tertiary/aromatic N) is 1. The van der Waals surface area contributed by atoms with Crippen molar-refractivity contribution in [3.8, 4) is 11.1 Å². The number of carbonyl (C=O) groups is 2. The SMILES string of the molecule is CCN(CC)CCNC(=O)c1c(C)[nH]c(CC2C(=O)Nc3cc(-c4cc(Cl)cc(Cl)c4)ccc32)c1C. The molecular weight excluding hydrogens is 495 g/mol. The van der Waals surface area contributed by atoms with Crippen molar-refractivity contribution < 1.29 is 9.59 Å². The summed E-state index contributed by atoms with van der Waals surface area (Å²) in [6.07, 6.45) is 0.487. The Morgan fingerprint density at radius 2 is 1.72 bits per heavy atom. The minimum Gasteiger partial charge on any atom is -0.362 e. The Hall–Kier alpha value is -2.80. The van der Waals surface area contributed by atoms with E-state index in [2.05, 4.69) is 34.4 Å². The molecular formula is C28H32Cl2N4O2. The highest BCUT2D eigenvalue weighted by molar-refractivity contribution is 6.35. The number of rotatable bonds is 9. The van der Waals surface area contributed by atoms with E-state index in [1.807, 2.05) is 44.2 Å². The van der Waals surface area contributed by atoms with Gasteiger partial charge in [0.1, 0.15) is 0 Å². The normalized spacial score (nSPS) is 14.8. The molecule has 1 atom stereocenters. The fourth-order valence-electron chi connectivity index (χ4n) is 4.95. The number of benzene rings is 2. The van der Waals surface area contributed by atoms with Crippen molar-refractivity contribution in [2.24, 2.45) is 0 Å². The molecule has 0 radical (unpaired) electrons. The number of anilines is 1. The molecule has 0 saturated heterocycles. The van der Waals surface area contributed by atoms with Gasteiger partial charge in [0.05, 0.1) is 11.5 Å². The number of carbonyl (C=O) groups excluding carboxylic acids is 2. The van der Waals surface area contributed by atoms with Crippen LogP contribution in [0.3, 0.4) is 0 Å². The molecule has 190 valence electrons. The monoisotopic (exact) mass is 526 g/mol. The first-order chi connectivity index (χ1) is 17.2. The van der Waals surface area contributed by atoms with Crippen LogP contribution in [0.4, 0.5) is 5.69 Å². The van der Waals surface area contributed by atoms with E-state index in [1.54, 1.807) is 6.07 Å². The smallest absolute Gasteiger partial charge is 0.253 e. The number of amides is 2. The van der Waals surface area contributed by atoms with Crippen LogP contribution in [0.15, 0.2) is 36.4 Å². The summed E-state index contributed by atoms with van der Waals surface area (Å²) >= 11 is 12.3. The van der Waals surface area contributed by atoms with Gasteiger partial charge in [-0.3, -0.25) is 9.59 Å². The number of fused-ring (bicyclic) bond motifs is 1. The van der Waals surface area contributed by atoms with Gasteiger partial charge in [0, 0.05) is 46.6 Å². The van der Waals surface area contributed by atoms with Crippen LogP contribution in [-0.2, 0) is 11.2 Å². The fourth-order valence-corrected chi connectivity index (χ4v) is 5.48. The first-order valence-electron chi connectivity index (χ1n) is 12.3. The quantitative estimate of drug-likeness (QED) is 0.322. The Bertz CT molecular complexity index is 1280. The number of nitrogens with one attached hydrogen (secondary N) is 3. The second-order valence-corrected chi connectivity index (χ2v) is 10.1. The number of halogens is 2. The molecule has 3 aromatic rings. The standard InChI is InChI=1S/C28H32Cl2N4O2/c1-5-34(6-2)10-9-31-28(36)26-16(3)24(32-17(26)4)15-23-22-8-7-18(13-25(22)33-27(23)35)19-11-20(29)14-21(30)12-19/h7-8,11-14,23,32H,5-6,9-10,15H2,1-4H3,(H,31,36)(H,33,35). The Balaban J connectivity index is 1.52. The van der Waals surface area contributed by atoms with Crippen molar-refractivity contribution in [2.75, 3.05) is 31.5 Å². The number of aromatic nitrogens is 1. The molecule has 2 heterocycles. The van der Waals surface area contributed by atoms with E-state index in [4.69, 9.17) is 23.2 Å². The lowest BCUT2D eigenvalue weighted by molar-refractivity contribution is -0.117. The van der Waals surface area contributed by atoms with Gasteiger partial charge < -0.3 is 20.5 Å². The van der Waals surface area contributed by atoms with Crippen molar-refractivity contribution in [2.45, 2.75) is 40.0 Å². The average molecular weight is 527 g/mol. The lowest BCUT2D eigenvalue weighted by atomic mass is 9.92. The predicted octanol–water partition coefficient (Wildman–Crippen LogP) is 5.96. The number of likely N-dealkylation sites (N-methyl/N-ethyl adjacent to an activating group) is 1. The fraction of sp³-hybridized carbons (Fsp3) is 0.357. The van der Waals surface area contributed by atoms with Gasteiger partial charge in [-0.15, -0.1) is 0 Å². The highest BCUT2D eigenvalue weighted by atomic mass is 35.5. The minimum absolute atomic E-state index is 0.0526. The molecule has 1 aliphatic heterocycles. The molecule has 1 unspecified atom stereocenters. The van der Waals surface area contributed by atoms with E-state index >= 15 is 0 Å². The van der Waals surface area contributed by atoms with Crippen LogP contribution in [-0.4, -0.2) is 47.9 Å². The molecule has 0 fully saturated rings. The molecule has 36 heavy (non-hydrogen) atoms. The zero-order valence-corrected chi connectivity index (χ0v) is 22.6. The average Bonchev–Trinajstić information content (AvgIpc) is 3.30. The number of hydrogen-bond donors (Lipinski definition) is 3. The van der Waals surface area contributed by atoms with Gasteiger partial charge in [-0.25, -0.2) is 0 Å². The lowest BCUT2D eigenvalue weighted by Crippen LogP contribution is -2.35. The van der Waals surface area contributed by atoms with Gasteiger partial charge in [-0.1, -0.05) is 49.2 Å². The maximum absolute atomic E-state index is 12.9. The zero-order valence-electron chi connectivity index (χ0n) is 21.1. The van der Waals surface area contributed by atoms with E-state index in [9.17, 15) is 9.59 Å². The summed E-state index contributed by atoms with van der Waals surface area (Å²) in [5, 5.41) is 7.18. The highest BCUT2D eigenvalue weighted by Crippen LogP contribution is 2.39. The summed E-state index contributed by atoms with van der Waals surface area (Å²) in [4.78, 5) is 31.5. The maximum Gasteiger partial charge on any atom is 0.253 e. The molecule has 8 heteroatoms. The molecule has 4 rings (SSSR count). The van der Waals surface area contributed by atoms with E-state index in [-0.39, 0.29) is 17.7 Å². The molecule has 0 aliphatic carbocycles.